The van der Waals surface area contributed by atoms with Crippen molar-refractivity contribution in [3.8, 4) is 34.3 Å². The van der Waals surface area contributed by atoms with Crippen molar-refractivity contribution in [2.45, 2.75) is 6.18 Å². The maximum Gasteiger partial charge on any atom is 0.416 e. The van der Waals surface area contributed by atoms with Crippen LogP contribution in [0.3, 0.4) is 0 Å². The summed E-state index contributed by atoms with van der Waals surface area (Å²) in [5.74, 6) is 0.451. The normalized spacial score (nSPS) is 11.5. The molecular weight excluding hydrogens is 357 g/mol. The van der Waals surface area contributed by atoms with Crippen molar-refractivity contribution < 1.29 is 17.6 Å². The topological polar surface area (TPSA) is 64.7 Å². The molecule has 0 aliphatic rings. The summed E-state index contributed by atoms with van der Waals surface area (Å²) in [5, 5.41) is 7.93. The molecule has 27 heavy (non-hydrogen) atoms. The van der Waals surface area contributed by atoms with Gasteiger partial charge >= 0.3 is 6.18 Å². The van der Waals surface area contributed by atoms with Gasteiger partial charge in [-0.3, -0.25) is 4.98 Å². The minimum absolute atomic E-state index is 0.134. The van der Waals surface area contributed by atoms with Crippen LogP contribution < -0.4 is 0 Å². The summed E-state index contributed by atoms with van der Waals surface area (Å²) >= 11 is 0. The molecule has 0 bridgehead atoms. The fraction of sp³-hybridized carbons (Fsp3) is 0.0526. The van der Waals surface area contributed by atoms with Crippen molar-refractivity contribution in [3.63, 3.8) is 0 Å². The first-order valence-electron chi connectivity index (χ1n) is 7.90. The molecule has 0 aliphatic heterocycles. The molecular formula is C19H11F3N4O. The Balaban J connectivity index is 1.69. The van der Waals surface area contributed by atoms with Crippen molar-refractivity contribution >= 4 is 0 Å². The minimum atomic E-state index is -4.43. The van der Waals surface area contributed by atoms with Gasteiger partial charge in [0.25, 0.3) is 5.89 Å². The number of halogens is 3. The zero-order valence-corrected chi connectivity index (χ0v) is 13.7. The standard InChI is InChI=1S/C19H11F3N4O/c20-19(21,22)14-8-4-7-13(9-14)15-10-23-11-16(24-15)18-26-25-17(27-18)12-5-2-1-3-6-12/h1-11H. The SMILES string of the molecule is FC(F)(F)c1cccc(-c2cncc(-c3nnc(-c4ccccc4)o3)n2)c1. The number of rotatable bonds is 3. The third-order valence-electron chi connectivity index (χ3n) is 3.79. The smallest absolute Gasteiger partial charge is 0.415 e. The summed E-state index contributed by atoms with van der Waals surface area (Å²) in [6, 6.07) is 14.1. The van der Waals surface area contributed by atoms with Crippen LogP contribution >= 0.6 is 0 Å². The predicted octanol–water partition coefficient (Wildman–Crippen LogP) is 4.88. The van der Waals surface area contributed by atoms with E-state index < -0.39 is 11.7 Å². The zero-order valence-electron chi connectivity index (χ0n) is 13.7. The van der Waals surface area contributed by atoms with Gasteiger partial charge in [-0.2, -0.15) is 13.2 Å². The van der Waals surface area contributed by atoms with Crippen molar-refractivity contribution in [3.05, 3.63) is 72.6 Å². The van der Waals surface area contributed by atoms with Gasteiger partial charge in [-0.05, 0) is 24.3 Å². The molecule has 5 nitrogen and oxygen atoms in total. The van der Waals surface area contributed by atoms with Crippen molar-refractivity contribution in [1.82, 2.24) is 20.2 Å². The Morgan fingerprint density at radius 3 is 2.22 bits per heavy atom. The average Bonchev–Trinajstić information content (AvgIpc) is 3.19. The number of aromatic nitrogens is 4. The van der Waals surface area contributed by atoms with Crippen LogP contribution in [0, 0.1) is 0 Å². The third-order valence-corrected chi connectivity index (χ3v) is 3.79. The molecule has 2 heterocycles. The summed E-state index contributed by atoms with van der Waals surface area (Å²) in [6.07, 6.45) is -1.63. The number of benzene rings is 2. The molecule has 0 atom stereocenters. The molecule has 2 aromatic heterocycles. The lowest BCUT2D eigenvalue weighted by Gasteiger charge is -2.08. The Morgan fingerprint density at radius 1 is 0.741 bits per heavy atom. The van der Waals surface area contributed by atoms with E-state index in [0.29, 0.717) is 11.5 Å². The van der Waals surface area contributed by atoms with Gasteiger partial charge in [0.1, 0.15) is 5.69 Å². The van der Waals surface area contributed by atoms with E-state index in [4.69, 9.17) is 4.42 Å². The number of nitrogens with zero attached hydrogens (tertiary/aromatic N) is 4. The maximum absolute atomic E-state index is 12.9. The highest BCUT2D eigenvalue weighted by Crippen LogP contribution is 2.32. The molecule has 0 fully saturated rings. The predicted molar refractivity (Wildman–Crippen MR) is 91.2 cm³/mol. The molecule has 4 aromatic rings. The minimum Gasteiger partial charge on any atom is -0.415 e. The Labute approximate surface area is 151 Å². The van der Waals surface area contributed by atoms with Gasteiger partial charge < -0.3 is 4.42 Å². The van der Waals surface area contributed by atoms with Crippen LogP contribution in [0.25, 0.3) is 34.3 Å². The second kappa shape index (κ2) is 6.64. The van der Waals surface area contributed by atoms with E-state index in [-0.39, 0.29) is 17.3 Å². The first kappa shape index (κ1) is 16.9. The fourth-order valence-electron chi connectivity index (χ4n) is 2.49. The number of hydrogen-bond acceptors (Lipinski definition) is 5. The summed E-state index contributed by atoms with van der Waals surface area (Å²) in [5.41, 5.74) is 0.842. The molecule has 0 amide bonds. The molecule has 0 unspecified atom stereocenters. The highest BCUT2D eigenvalue weighted by atomic mass is 19.4. The van der Waals surface area contributed by atoms with Crippen LogP contribution in [0.5, 0.6) is 0 Å². The quantitative estimate of drug-likeness (QED) is 0.516. The fourth-order valence-corrected chi connectivity index (χ4v) is 2.49. The third kappa shape index (κ3) is 3.55. The lowest BCUT2D eigenvalue weighted by atomic mass is 10.1. The summed E-state index contributed by atoms with van der Waals surface area (Å²) in [6.45, 7) is 0. The van der Waals surface area contributed by atoms with Crippen molar-refractivity contribution in [2.75, 3.05) is 0 Å². The molecule has 134 valence electrons. The van der Waals surface area contributed by atoms with Gasteiger partial charge in [0.2, 0.25) is 5.89 Å². The van der Waals surface area contributed by atoms with Crippen LogP contribution in [-0.4, -0.2) is 20.2 Å². The zero-order chi connectivity index (χ0) is 18.9. The molecule has 0 saturated carbocycles. The van der Waals surface area contributed by atoms with E-state index in [1.165, 1.54) is 24.5 Å². The van der Waals surface area contributed by atoms with E-state index in [9.17, 15) is 13.2 Å². The van der Waals surface area contributed by atoms with E-state index >= 15 is 0 Å². The molecule has 0 saturated heterocycles. The first-order chi connectivity index (χ1) is 13.0. The average molecular weight is 368 g/mol. The van der Waals surface area contributed by atoms with E-state index in [1.54, 1.807) is 0 Å². The first-order valence-corrected chi connectivity index (χ1v) is 7.90. The van der Waals surface area contributed by atoms with Crippen LogP contribution in [0.2, 0.25) is 0 Å². The van der Waals surface area contributed by atoms with E-state index in [0.717, 1.165) is 17.7 Å². The highest BCUT2D eigenvalue weighted by Gasteiger charge is 2.30. The van der Waals surface area contributed by atoms with Crippen LogP contribution in [0.15, 0.2) is 71.4 Å². The van der Waals surface area contributed by atoms with Gasteiger partial charge in [0, 0.05) is 11.1 Å². The molecule has 4 rings (SSSR count). The number of alkyl halides is 3. The van der Waals surface area contributed by atoms with E-state index in [2.05, 4.69) is 20.2 Å². The highest BCUT2D eigenvalue weighted by molar-refractivity contribution is 5.62. The summed E-state index contributed by atoms with van der Waals surface area (Å²) in [7, 11) is 0. The van der Waals surface area contributed by atoms with Gasteiger partial charge in [-0.1, -0.05) is 30.3 Å². The van der Waals surface area contributed by atoms with Gasteiger partial charge in [-0.15, -0.1) is 10.2 Å². The number of hydrogen-bond donors (Lipinski definition) is 0. The monoisotopic (exact) mass is 368 g/mol. The molecule has 2 aromatic carbocycles. The van der Waals surface area contributed by atoms with Crippen LogP contribution in [0.4, 0.5) is 13.2 Å². The van der Waals surface area contributed by atoms with Crippen molar-refractivity contribution in [2.24, 2.45) is 0 Å². The van der Waals surface area contributed by atoms with Crippen molar-refractivity contribution in [1.29, 1.82) is 0 Å². The summed E-state index contributed by atoms with van der Waals surface area (Å²) < 4.78 is 44.4. The largest absolute Gasteiger partial charge is 0.416 e. The Kier molecular flexibility index (Phi) is 4.15. The lowest BCUT2D eigenvalue weighted by molar-refractivity contribution is -0.137. The Morgan fingerprint density at radius 2 is 1.44 bits per heavy atom. The summed E-state index contributed by atoms with van der Waals surface area (Å²) in [4.78, 5) is 8.36. The van der Waals surface area contributed by atoms with Crippen LogP contribution in [0.1, 0.15) is 5.56 Å². The Bertz CT molecular complexity index is 1080. The van der Waals surface area contributed by atoms with Gasteiger partial charge in [-0.25, -0.2) is 4.98 Å². The van der Waals surface area contributed by atoms with Crippen LogP contribution in [-0.2, 0) is 6.18 Å². The van der Waals surface area contributed by atoms with Gasteiger partial charge in [0.15, 0.2) is 0 Å². The molecule has 8 heteroatoms. The maximum atomic E-state index is 12.9. The lowest BCUT2D eigenvalue weighted by Crippen LogP contribution is -2.04. The Hall–Kier alpha value is -3.55. The molecule has 0 aliphatic carbocycles. The molecule has 0 radical (unpaired) electrons. The second-order valence-electron chi connectivity index (χ2n) is 5.65. The van der Waals surface area contributed by atoms with Gasteiger partial charge in [0.05, 0.1) is 23.7 Å². The molecule has 0 N–H and O–H groups in total. The second-order valence-corrected chi connectivity index (χ2v) is 5.65. The molecule has 0 spiro atoms. The van der Waals surface area contributed by atoms with E-state index in [1.807, 2.05) is 30.3 Å².